The van der Waals surface area contributed by atoms with E-state index in [2.05, 4.69) is 15.5 Å². The van der Waals surface area contributed by atoms with Crippen LogP contribution in [0.2, 0.25) is 5.02 Å². The van der Waals surface area contributed by atoms with Crippen molar-refractivity contribution < 1.29 is 4.79 Å². The quantitative estimate of drug-likeness (QED) is 0.580. The van der Waals surface area contributed by atoms with Gasteiger partial charge in [0.2, 0.25) is 0 Å². The van der Waals surface area contributed by atoms with Gasteiger partial charge in [-0.3, -0.25) is 9.78 Å². The molecule has 0 aliphatic carbocycles. The van der Waals surface area contributed by atoms with Crippen molar-refractivity contribution >= 4 is 23.2 Å². The molecule has 118 valence electrons. The Hall–Kier alpha value is -2.98. The van der Waals surface area contributed by atoms with Crippen LogP contribution in [0.4, 0.5) is 0 Å². The number of nitrogens with one attached hydrogen (secondary N) is 1. The van der Waals surface area contributed by atoms with Gasteiger partial charge >= 0.3 is 0 Å². The van der Waals surface area contributed by atoms with Gasteiger partial charge in [0.05, 0.1) is 5.69 Å². The highest BCUT2D eigenvalue weighted by molar-refractivity contribution is 6.31. The molecule has 0 bridgehead atoms. The molecule has 1 heterocycles. The number of pyridine rings is 1. The normalized spacial score (nSPS) is 11.1. The number of carbonyl (C=O) groups excluding carboxylic acids is 1. The summed E-state index contributed by atoms with van der Waals surface area (Å²) in [7, 11) is 0. The Morgan fingerprint density at radius 2 is 1.67 bits per heavy atom. The number of nitrogens with zero attached hydrogens (tertiary/aromatic N) is 2. The molecule has 0 saturated heterocycles. The van der Waals surface area contributed by atoms with Gasteiger partial charge in [-0.25, -0.2) is 5.43 Å². The number of hydrogen-bond acceptors (Lipinski definition) is 3. The third-order valence-corrected chi connectivity index (χ3v) is 3.55. The van der Waals surface area contributed by atoms with Crippen molar-refractivity contribution in [2.75, 3.05) is 0 Å². The first kappa shape index (κ1) is 15.9. The Kier molecular flexibility index (Phi) is 4.99. The van der Waals surface area contributed by atoms with Crippen molar-refractivity contribution in [3.63, 3.8) is 0 Å². The summed E-state index contributed by atoms with van der Waals surface area (Å²) >= 11 is 5.92. The first-order valence-electron chi connectivity index (χ1n) is 7.34. The number of aromatic nitrogens is 1. The Bertz CT molecular complexity index is 823. The molecule has 3 rings (SSSR count). The molecule has 0 spiro atoms. The van der Waals surface area contributed by atoms with Crippen LogP contribution in [-0.4, -0.2) is 16.6 Å². The standard InChI is InChI=1S/C19H14ClN3O/c20-16-10-6-9-15(13-16)19(24)23-22-18(14-7-2-1-3-8-14)17-11-4-5-12-21-17/h1-13H,(H,23,24). The van der Waals surface area contributed by atoms with E-state index in [1.54, 1.807) is 30.5 Å². The van der Waals surface area contributed by atoms with Crippen LogP contribution in [0.1, 0.15) is 21.6 Å². The van der Waals surface area contributed by atoms with E-state index < -0.39 is 0 Å². The summed E-state index contributed by atoms with van der Waals surface area (Å²) in [4.78, 5) is 16.6. The molecule has 24 heavy (non-hydrogen) atoms. The molecule has 0 saturated carbocycles. The van der Waals surface area contributed by atoms with Gasteiger partial charge in [0.15, 0.2) is 0 Å². The number of halogens is 1. The lowest BCUT2D eigenvalue weighted by Crippen LogP contribution is -2.21. The van der Waals surface area contributed by atoms with Crippen LogP contribution in [0.3, 0.4) is 0 Å². The van der Waals surface area contributed by atoms with Crippen LogP contribution in [-0.2, 0) is 0 Å². The number of rotatable bonds is 4. The van der Waals surface area contributed by atoms with Crippen molar-refractivity contribution in [3.05, 3.63) is 101 Å². The van der Waals surface area contributed by atoms with Gasteiger partial charge in [0.25, 0.3) is 5.91 Å². The zero-order chi connectivity index (χ0) is 16.8. The minimum absolute atomic E-state index is 0.332. The predicted octanol–water partition coefficient (Wildman–Crippen LogP) is 3.92. The maximum absolute atomic E-state index is 12.3. The number of hydrogen-bond donors (Lipinski definition) is 1. The minimum Gasteiger partial charge on any atom is -0.267 e. The highest BCUT2D eigenvalue weighted by Gasteiger charge is 2.10. The van der Waals surface area contributed by atoms with E-state index in [1.165, 1.54) is 0 Å². The largest absolute Gasteiger partial charge is 0.271 e. The fourth-order valence-corrected chi connectivity index (χ4v) is 2.36. The van der Waals surface area contributed by atoms with E-state index in [9.17, 15) is 4.79 Å². The fourth-order valence-electron chi connectivity index (χ4n) is 2.17. The molecule has 0 atom stereocenters. The second kappa shape index (κ2) is 7.53. The van der Waals surface area contributed by atoms with E-state index in [-0.39, 0.29) is 5.91 Å². The molecule has 1 amide bonds. The summed E-state index contributed by atoms with van der Waals surface area (Å²) in [5, 5.41) is 4.78. The zero-order valence-corrected chi connectivity index (χ0v) is 13.4. The number of hydrazone groups is 1. The molecular weight excluding hydrogens is 322 g/mol. The summed E-state index contributed by atoms with van der Waals surface area (Å²) in [6, 6.07) is 21.8. The van der Waals surface area contributed by atoms with Crippen molar-refractivity contribution in [1.29, 1.82) is 0 Å². The highest BCUT2D eigenvalue weighted by atomic mass is 35.5. The second-order valence-electron chi connectivity index (χ2n) is 4.99. The van der Waals surface area contributed by atoms with Crippen LogP contribution >= 0.6 is 11.6 Å². The van der Waals surface area contributed by atoms with E-state index in [4.69, 9.17) is 11.6 Å². The smallest absolute Gasteiger partial charge is 0.267 e. The van der Waals surface area contributed by atoms with Gasteiger partial charge in [-0.1, -0.05) is 54.1 Å². The van der Waals surface area contributed by atoms with Crippen LogP contribution in [0.15, 0.2) is 84.1 Å². The lowest BCUT2D eigenvalue weighted by molar-refractivity contribution is 0.0955. The van der Waals surface area contributed by atoms with Crippen molar-refractivity contribution in [3.8, 4) is 0 Å². The molecule has 0 aliphatic rings. The Labute approximate surface area is 144 Å². The minimum atomic E-state index is -0.332. The third-order valence-electron chi connectivity index (χ3n) is 3.31. The van der Waals surface area contributed by atoms with E-state index in [0.717, 1.165) is 5.56 Å². The molecule has 4 nitrogen and oxygen atoms in total. The topological polar surface area (TPSA) is 54.4 Å². The Balaban J connectivity index is 1.91. The summed E-state index contributed by atoms with van der Waals surface area (Å²) in [6.45, 7) is 0. The zero-order valence-electron chi connectivity index (χ0n) is 12.7. The average molecular weight is 336 g/mol. The molecule has 0 unspecified atom stereocenters. The van der Waals surface area contributed by atoms with Crippen LogP contribution in [0.25, 0.3) is 0 Å². The van der Waals surface area contributed by atoms with Crippen molar-refractivity contribution in [1.82, 2.24) is 10.4 Å². The van der Waals surface area contributed by atoms with Gasteiger partial charge in [0.1, 0.15) is 5.71 Å². The third kappa shape index (κ3) is 3.86. The molecule has 2 aromatic carbocycles. The SMILES string of the molecule is O=C(NN=C(c1ccccc1)c1ccccn1)c1cccc(Cl)c1. The molecular formula is C19H14ClN3O. The van der Waals surface area contributed by atoms with Crippen molar-refractivity contribution in [2.45, 2.75) is 0 Å². The summed E-state index contributed by atoms with van der Waals surface area (Å²) in [6.07, 6.45) is 1.69. The highest BCUT2D eigenvalue weighted by Crippen LogP contribution is 2.11. The van der Waals surface area contributed by atoms with Gasteiger partial charge < -0.3 is 0 Å². The first-order valence-corrected chi connectivity index (χ1v) is 7.72. The number of carbonyl (C=O) groups is 1. The van der Waals surface area contributed by atoms with Gasteiger partial charge in [0, 0.05) is 22.3 Å². The molecule has 5 heteroatoms. The average Bonchev–Trinajstić information content (AvgIpc) is 2.63. The fraction of sp³-hybridized carbons (Fsp3) is 0. The van der Waals surface area contributed by atoms with Crippen LogP contribution in [0, 0.1) is 0 Å². The number of benzene rings is 2. The van der Waals surface area contributed by atoms with Gasteiger partial charge in [-0.05, 0) is 30.3 Å². The second-order valence-corrected chi connectivity index (χ2v) is 5.43. The van der Waals surface area contributed by atoms with Crippen LogP contribution in [0.5, 0.6) is 0 Å². The van der Waals surface area contributed by atoms with Gasteiger partial charge in [-0.2, -0.15) is 5.10 Å². The molecule has 0 fully saturated rings. The number of amides is 1. The van der Waals surface area contributed by atoms with Gasteiger partial charge in [-0.15, -0.1) is 0 Å². The first-order chi connectivity index (χ1) is 11.7. The summed E-state index contributed by atoms with van der Waals surface area (Å²) < 4.78 is 0. The lowest BCUT2D eigenvalue weighted by Gasteiger charge is -2.07. The van der Waals surface area contributed by atoms with E-state index in [0.29, 0.717) is 22.0 Å². The predicted molar refractivity (Wildman–Crippen MR) is 95.2 cm³/mol. The van der Waals surface area contributed by atoms with Crippen LogP contribution < -0.4 is 5.43 Å². The Morgan fingerprint density at radius 3 is 2.38 bits per heavy atom. The molecule has 0 aliphatic heterocycles. The van der Waals surface area contributed by atoms with Crippen molar-refractivity contribution in [2.24, 2.45) is 5.10 Å². The molecule has 3 aromatic rings. The maximum atomic E-state index is 12.3. The monoisotopic (exact) mass is 335 g/mol. The maximum Gasteiger partial charge on any atom is 0.271 e. The molecule has 1 aromatic heterocycles. The molecule has 1 N–H and O–H groups in total. The molecule has 0 radical (unpaired) electrons. The lowest BCUT2D eigenvalue weighted by atomic mass is 10.1. The van der Waals surface area contributed by atoms with E-state index >= 15 is 0 Å². The summed E-state index contributed by atoms with van der Waals surface area (Å²) in [5.41, 5.74) is 5.15. The Morgan fingerprint density at radius 1 is 0.917 bits per heavy atom. The van der Waals surface area contributed by atoms with E-state index in [1.807, 2.05) is 48.5 Å². The summed E-state index contributed by atoms with van der Waals surface area (Å²) in [5.74, 6) is -0.332.